The normalized spacial score (nSPS) is 11.9. The quantitative estimate of drug-likeness (QED) is 0.357. The summed E-state index contributed by atoms with van der Waals surface area (Å²) in [7, 11) is 1.24. The Kier molecular flexibility index (Phi) is 7.07. The largest absolute Gasteiger partial charge is 0.469 e. The van der Waals surface area contributed by atoms with Crippen LogP contribution in [0.3, 0.4) is 0 Å². The second kappa shape index (κ2) is 7.78. The van der Waals surface area contributed by atoms with Gasteiger partial charge in [-0.2, -0.15) is 0 Å². The summed E-state index contributed by atoms with van der Waals surface area (Å²) in [4.78, 5) is 32.0. The van der Waals surface area contributed by atoms with Crippen molar-refractivity contribution in [2.45, 2.75) is 45.1 Å². The summed E-state index contributed by atoms with van der Waals surface area (Å²) in [6.45, 7) is 1.72. The van der Waals surface area contributed by atoms with Crippen LogP contribution in [0.1, 0.15) is 39.0 Å². The van der Waals surface area contributed by atoms with Gasteiger partial charge in [-0.05, 0) is 0 Å². The minimum Gasteiger partial charge on any atom is -0.469 e. The number of Topliss-reactive ketones (excluding diaryl/α,β-unsaturated/α-hetero) is 1. The van der Waals surface area contributed by atoms with Gasteiger partial charge in [-0.1, -0.05) is 6.92 Å². The number of esters is 1. The fourth-order valence-electron chi connectivity index (χ4n) is 1.25. The molecule has 16 heavy (non-hydrogen) atoms. The lowest BCUT2D eigenvalue weighted by Gasteiger charge is -2.07. The van der Waals surface area contributed by atoms with Gasteiger partial charge in [-0.15, -0.1) is 0 Å². The topological polar surface area (TPSA) is 86.5 Å². The van der Waals surface area contributed by atoms with Crippen LogP contribution >= 0.6 is 0 Å². The van der Waals surface area contributed by atoms with E-state index in [-0.39, 0.29) is 31.5 Å². The molecule has 0 aliphatic carbocycles. The molecule has 1 unspecified atom stereocenters. The maximum Gasteiger partial charge on any atom is 0.305 e. The number of hydrogen-bond acceptors (Lipinski definition) is 5. The summed E-state index contributed by atoms with van der Waals surface area (Å²) in [5, 5.41) is 10.6. The molecule has 6 heteroatoms. The van der Waals surface area contributed by atoms with Crippen molar-refractivity contribution < 1.29 is 19.2 Å². The summed E-state index contributed by atoms with van der Waals surface area (Å²) in [5.74, 6) is -0.460. The molecule has 0 N–H and O–H groups in total. The molecule has 0 aliphatic rings. The lowest BCUT2D eigenvalue weighted by atomic mass is 10.0. The van der Waals surface area contributed by atoms with Crippen LogP contribution in [0.4, 0.5) is 0 Å². The Bertz CT molecular complexity index is 244. The summed E-state index contributed by atoms with van der Waals surface area (Å²) in [6.07, 6.45) is 0.917. The Balaban J connectivity index is 4.03. The Morgan fingerprint density at radius 2 is 1.88 bits per heavy atom. The van der Waals surface area contributed by atoms with Crippen molar-refractivity contribution in [1.82, 2.24) is 0 Å². The number of carbonyl (C=O) groups is 2. The second-order valence-corrected chi connectivity index (χ2v) is 3.48. The van der Waals surface area contributed by atoms with Gasteiger partial charge in [-0.3, -0.25) is 19.7 Å². The number of nitro groups is 1. The Labute approximate surface area is 94.1 Å². The van der Waals surface area contributed by atoms with E-state index in [0.29, 0.717) is 6.42 Å². The van der Waals surface area contributed by atoms with Crippen LogP contribution in [0.2, 0.25) is 0 Å². The lowest BCUT2D eigenvalue weighted by molar-refractivity contribution is -0.524. The Morgan fingerprint density at radius 3 is 2.31 bits per heavy atom. The average Bonchev–Trinajstić information content (AvgIpc) is 2.27. The van der Waals surface area contributed by atoms with Crippen molar-refractivity contribution in [2.75, 3.05) is 7.11 Å². The molecule has 0 aromatic rings. The van der Waals surface area contributed by atoms with Crippen molar-refractivity contribution in [3.63, 3.8) is 0 Å². The first-order chi connectivity index (χ1) is 7.51. The van der Waals surface area contributed by atoms with Gasteiger partial charge in [0.05, 0.1) is 13.5 Å². The van der Waals surface area contributed by atoms with Crippen LogP contribution in [0.25, 0.3) is 0 Å². The molecule has 0 rings (SSSR count). The zero-order valence-electron chi connectivity index (χ0n) is 9.60. The fourth-order valence-corrected chi connectivity index (χ4v) is 1.25. The summed E-state index contributed by atoms with van der Waals surface area (Å²) < 4.78 is 4.40. The van der Waals surface area contributed by atoms with Crippen LogP contribution in [0.5, 0.6) is 0 Å². The zero-order chi connectivity index (χ0) is 12.6. The van der Waals surface area contributed by atoms with Crippen molar-refractivity contribution in [3.8, 4) is 0 Å². The summed E-state index contributed by atoms with van der Waals surface area (Å²) in [6, 6.07) is -0.838. The summed E-state index contributed by atoms with van der Waals surface area (Å²) >= 11 is 0. The number of rotatable bonds is 8. The third-order valence-corrected chi connectivity index (χ3v) is 2.36. The number of nitrogens with zero attached hydrogens (tertiary/aromatic N) is 1. The monoisotopic (exact) mass is 231 g/mol. The molecule has 0 amide bonds. The van der Waals surface area contributed by atoms with Crippen LogP contribution in [-0.2, 0) is 14.3 Å². The maximum atomic E-state index is 11.0. The Morgan fingerprint density at radius 1 is 1.31 bits per heavy atom. The molecule has 0 spiro atoms. The first kappa shape index (κ1) is 14.5. The smallest absolute Gasteiger partial charge is 0.305 e. The third-order valence-electron chi connectivity index (χ3n) is 2.36. The van der Waals surface area contributed by atoms with Crippen molar-refractivity contribution >= 4 is 11.8 Å². The van der Waals surface area contributed by atoms with E-state index in [9.17, 15) is 19.7 Å². The van der Waals surface area contributed by atoms with Crippen LogP contribution in [0, 0.1) is 10.1 Å². The van der Waals surface area contributed by atoms with E-state index >= 15 is 0 Å². The predicted molar refractivity (Wildman–Crippen MR) is 56.6 cm³/mol. The molecule has 0 fully saturated rings. The molecule has 0 heterocycles. The number of carbonyl (C=O) groups excluding carboxylic acids is 2. The van der Waals surface area contributed by atoms with Crippen LogP contribution in [-0.4, -0.2) is 29.8 Å². The molecule has 1 atom stereocenters. The van der Waals surface area contributed by atoms with Crippen molar-refractivity contribution in [1.29, 1.82) is 0 Å². The fraction of sp³-hybridized carbons (Fsp3) is 0.800. The van der Waals surface area contributed by atoms with E-state index in [4.69, 9.17) is 0 Å². The predicted octanol–water partition coefficient (Wildman–Crippen LogP) is 1.34. The van der Waals surface area contributed by atoms with E-state index in [2.05, 4.69) is 4.74 Å². The second-order valence-electron chi connectivity index (χ2n) is 3.48. The van der Waals surface area contributed by atoms with Crippen LogP contribution < -0.4 is 0 Å². The highest BCUT2D eigenvalue weighted by molar-refractivity contribution is 5.77. The van der Waals surface area contributed by atoms with E-state index < -0.39 is 16.9 Å². The highest BCUT2D eigenvalue weighted by Crippen LogP contribution is 2.10. The maximum absolute atomic E-state index is 11.0. The number of methoxy groups -OCH3 is 1. The first-order valence-electron chi connectivity index (χ1n) is 5.23. The molecule has 92 valence electrons. The molecular formula is C10H17NO5. The van der Waals surface area contributed by atoms with Gasteiger partial charge in [0.2, 0.25) is 6.04 Å². The lowest BCUT2D eigenvalue weighted by Crippen LogP contribution is -2.22. The minimum atomic E-state index is -0.838. The third kappa shape index (κ3) is 6.10. The summed E-state index contributed by atoms with van der Waals surface area (Å²) in [5.41, 5.74) is 0. The van der Waals surface area contributed by atoms with E-state index in [1.165, 1.54) is 7.11 Å². The molecule has 0 radical (unpaired) electrons. The van der Waals surface area contributed by atoms with Crippen LogP contribution in [0.15, 0.2) is 0 Å². The van der Waals surface area contributed by atoms with Gasteiger partial charge in [0.25, 0.3) is 0 Å². The van der Waals surface area contributed by atoms with E-state index in [1.54, 1.807) is 6.92 Å². The number of hydrogen-bond donors (Lipinski definition) is 0. The standard InChI is InChI=1S/C10H17NO5/c1-3-9(12)6-4-8(11(14)15)5-7-10(13)16-2/h8H,3-7H2,1-2H3. The zero-order valence-corrected chi connectivity index (χ0v) is 9.60. The first-order valence-corrected chi connectivity index (χ1v) is 5.23. The molecule has 0 aromatic heterocycles. The molecule has 0 saturated heterocycles. The van der Waals surface area contributed by atoms with Gasteiger partial charge in [0, 0.05) is 30.6 Å². The molecule has 0 bridgehead atoms. The van der Waals surface area contributed by atoms with E-state index in [1.807, 2.05) is 0 Å². The van der Waals surface area contributed by atoms with Crippen molar-refractivity contribution in [2.24, 2.45) is 0 Å². The van der Waals surface area contributed by atoms with Gasteiger partial charge in [0.1, 0.15) is 5.78 Å². The van der Waals surface area contributed by atoms with Crippen molar-refractivity contribution in [3.05, 3.63) is 10.1 Å². The van der Waals surface area contributed by atoms with Gasteiger partial charge < -0.3 is 4.74 Å². The van der Waals surface area contributed by atoms with Gasteiger partial charge >= 0.3 is 5.97 Å². The van der Waals surface area contributed by atoms with Gasteiger partial charge in [0.15, 0.2) is 0 Å². The highest BCUT2D eigenvalue weighted by atomic mass is 16.6. The number of ether oxygens (including phenoxy) is 1. The SMILES string of the molecule is CCC(=O)CCC(CCC(=O)OC)[N+](=O)[O-]. The molecule has 0 aliphatic heterocycles. The average molecular weight is 231 g/mol. The minimum absolute atomic E-state index is 0.00455. The van der Waals surface area contributed by atoms with E-state index in [0.717, 1.165) is 0 Å². The molecule has 6 nitrogen and oxygen atoms in total. The molecule has 0 aromatic carbocycles. The highest BCUT2D eigenvalue weighted by Gasteiger charge is 2.22. The molecule has 0 saturated carbocycles. The van der Waals surface area contributed by atoms with Gasteiger partial charge in [-0.25, -0.2) is 0 Å². The Hall–Kier alpha value is -1.46. The number of ketones is 1. The molecular weight excluding hydrogens is 214 g/mol.